The van der Waals surface area contributed by atoms with Crippen molar-refractivity contribution < 1.29 is 0 Å². The number of unbranched alkanes of at least 4 members (excludes halogenated alkanes) is 12. The Kier molecular flexibility index (Phi) is 36.0. The number of aryl methyl sites for hydroxylation is 8. The lowest BCUT2D eigenvalue weighted by molar-refractivity contribution is 0.632. The number of nitrogens with zero attached hydrogens (tertiary/aromatic N) is 4. The van der Waals surface area contributed by atoms with Gasteiger partial charge < -0.3 is 0 Å². The van der Waals surface area contributed by atoms with Crippen LogP contribution in [0.4, 0.5) is 0 Å². The molecule has 0 amide bonds. The van der Waals surface area contributed by atoms with E-state index in [4.69, 9.17) is 0 Å². The van der Waals surface area contributed by atoms with Crippen LogP contribution in [0.3, 0.4) is 0 Å². The molecule has 0 N–H and O–H groups in total. The van der Waals surface area contributed by atoms with Crippen molar-refractivity contribution >= 4 is 0 Å². The van der Waals surface area contributed by atoms with Gasteiger partial charge >= 0.3 is 0 Å². The molecule has 0 bridgehead atoms. The first kappa shape index (κ1) is 82.4. The number of hydrogen-bond acceptors (Lipinski definition) is 4. The average Bonchev–Trinajstić information content (AvgIpc) is 0.849. The lowest BCUT2D eigenvalue weighted by atomic mass is 9.99. The molecule has 12 aromatic rings. The highest BCUT2D eigenvalue weighted by Crippen LogP contribution is 2.31. The molecule has 0 saturated heterocycles. The third-order valence-electron chi connectivity index (χ3n) is 20.7. The van der Waals surface area contributed by atoms with Gasteiger partial charge in [-0.05, 0) is 210 Å². The molecule has 4 heterocycles. The Labute approximate surface area is 652 Å². The normalized spacial score (nSPS) is 10.9. The summed E-state index contributed by atoms with van der Waals surface area (Å²) in [6.45, 7) is 17.9. The third-order valence-corrected chi connectivity index (χ3v) is 20.7. The molecule has 4 nitrogen and oxygen atoms in total. The van der Waals surface area contributed by atoms with Crippen molar-refractivity contribution in [3.8, 4) is 89.5 Å². The van der Waals surface area contributed by atoms with Crippen LogP contribution >= 0.6 is 0 Å². The summed E-state index contributed by atoms with van der Waals surface area (Å²) in [5.74, 6) is 0. The van der Waals surface area contributed by atoms with Crippen LogP contribution in [0.1, 0.15) is 228 Å². The molecule has 0 aliphatic heterocycles. The van der Waals surface area contributed by atoms with Crippen molar-refractivity contribution in [3.63, 3.8) is 0 Å². The number of rotatable bonds is 36. The van der Waals surface area contributed by atoms with E-state index in [9.17, 15) is 0 Å². The molecule has 4 heteroatoms. The predicted octanol–water partition coefficient (Wildman–Crippen LogP) is 30.0. The molecule has 0 spiro atoms. The maximum Gasteiger partial charge on any atom is 0.0702 e. The average molecular weight is 1430 g/mol. The lowest BCUT2D eigenvalue weighted by Crippen LogP contribution is -1.89. The van der Waals surface area contributed by atoms with E-state index >= 15 is 0 Å². The zero-order valence-corrected chi connectivity index (χ0v) is 67.0. The third kappa shape index (κ3) is 27.5. The second-order valence-electron chi connectivity index (χ2n) is 29.5. The van der Waals surface area contributed by atoms with Crippen molar-refractivity contribution in [2.45, 2.75) is 235 Å². The minimum atomic E-state index is 1.05. The lowest BCUT2D eigenvalue weighted by Gasteiger charge is -2.07. The summed E-state index contributed by atoms with van der Waals surface area (Å²) in [6.07, 6.45) is 42.8. The summed E-state index contributed by atoms with van der Waals surface area (Å²) in [5, 5.41) is 0. The van der Waals surface area contributed by atoms with Gasteiger partial charge in [-0.25, -0.2) is 0 Å². The van der Waals surface area contributed by atoms with Crippen molar-refractivity contribution in [3.05, 3.63) is 312 Å². The fourth-order valence-corrected chi connectivity index (χ4v) is 13.6. The molecule has 560 valence electrons. The largest absolute Gasteiger partial charge is 0.256 e. The Morgan fingerprint density at radius 1 is 0.139 bits per heavy atom. The highest BCUT2D eigenvalue weighted by molar-refractivity contribution is 5.73. The molecule has 108 heavy (non-hydrogen) atoms. The van der Waals surface area contributed by atoms with Gasteiger partial charge in [0.05, 0.1) is 22.8 Å². The van der Waals surface area contributed by atoms with E-state index in [-0.39, 0.29) is 0 Å². The second-order valence-corrected chi connectivity index (χ2v) is 29.5. The fourth-order valence-electron chi connectivity index (χ4n) is 13.6. The predicted molar refractivity (Wildman–Crippen MR) is 468 cm³/mol. The second kappa shape index (κ2) is 47.2. The van der Waals surface area contributed by atoms with Crippen molar-refractivity contribution in [1.29, 1.82) is 0 Å². The van der Waals surface area contributed by atoms with E-state index in [1.54, 1.807) is 0 Å². The van der Waals surface area contributed by atoms with E-state index in [1.807, 2.05) is 24.8 Å². The van der Waals surface area contributed by atoms with Gasteiger partial charge in [-0.2, -0.15) is 0 Å². The topological polar surface area (TPSA) is 51.6 Å². The van der Waals surface area contributed by atoms with E-state index in [0.717, 1.165) is 54.9 Å². The van der Waals surface area contributed by atoms with Crippen molar-refractivity contribution in [2.75, 3.05) is 0 Å². The van der Waals surface area contributed by atoms with E-state index in [1.165, 1.54) is 259 Å². The molecular weight excluding hydrogens is 1310 g/mol. The zero-order chi connectivity index (χ0) is 75.6. The first-order valence-electron chi connectivity index (χ1n) is 41.8. The molecule has 8 aromatic carbocycles. The first-order valence-corrected chi connectivity index (χ1v) is 41.8. The Morgan fingerprint density at radius 2 is 0.306 bits per heavy atom. The van der Waals surface area contributed by atoms with E-state index in [0.29, 0.717) is 0 Å². The Hall–Kier alpha value is -9.64. The first-order chi connectivity index (χ1) is 53.2. The molecule has 0 fully saturated rings. The molecule has 12 rings (SSSR count). The Balaban J connectivity index is 0.000000166. The highest BCUT2D eigenvalue weighted by Gasteiger charge is 2.10. The van der Waals surface area contributed by atoms with Crippen LogP contribution < -0.4 is 0 Å². The standard InChI is InChI=1S/C28H35N.C27H33N.C25H29N.C24H27N/c1-3-5-7-8-9-11-23-12-15-25(16-13-23)26-17-19-27(20-18-26)28-21-14-24(22-29-28)10-6-4-2;1-3-5-7-8-10-22-11-14-24(15-12-22)25-16-18-26(19-17-25)27-20-13-23(21-28-27)9-6-4-2;1-3-5-7-20-9-12-22(13-10-20)23-14-16-24(17-15-23)25-18-11-21(19-26-25)8-6-4-2;1-3-5-7-20-10-17-24(25-18-20)23-15-13-22(14-16-23)21-11-8-19(6-4-2)9-12-21/h12-22H,3-11H2,1-2H3;11-21H,3-10H2,1-2H3;9-19H,3-8H2,1-2H3;8-18H,3-7H2,1-2H3. The minimum Gasteiger partial charge on any atom is -0.256 e. The number of pyridine rings is 4. The Bertz CT molecular complexity index is 4280. The minimum absolute atomic E-state index is 1.05. The van der Waals surface area contributed by atoms with Crippen LogP contribution in [0.5, 0.6) is 0 Å². The van der Waals surface area contributed by atoms with Gasteiger partial charge in [0.2, 0.25) is 0 Å². The van der Waals surface area contributed by atoms with Gasteiger partial charge in [0.1, 0.15) is 0 Å². The van der Waals surface area contributed by atoms with Gasteiger partial charge in [0, 0.05) is 47.0 Å². The number of aromatic nitrogens is 4. The molecule has 0 aliphatic carbocycles. The van der Waals surface area contributed by atoms with Crippen LogP contribution in [0, 0.1) is 0 Å². The smallest absolute Gasteiger partial charge is 0.0702 e. The van der Waals surface area contributed by atoms with Gasteiger partial charge in [-0.15, -0.1) is 0 Å². The van der Waals surface area contributed by atoms with Crippen LogP contribution in [-0.4, -0.2) is 19.9 Å². The summed E-state index contributed by atoms with van der Waals surface area (Å²) in [4.78, 5) is 18.6. The SMILES string of the molecule is CCCCCCCc1ccc(-c2ccc(-c3ccc(CCCC)cn3)cc2)cc1.CCCCCCc1ccc(-c2ccc(-c3ccc(CCCC)cn3)cc2)cc1.CCCCc1ccc(-c2ccc(-c3ccc(CCC)cc3)cc2)nc1.CCCCc1ccc(-c2ccc(-c3ccc(CCCC)cn3)cc2)cc1. The van der Waals surface area contributed by atoms with Crippen molar-refractivity contribution in [2.24, 2.45) is 0 Å². The van der Waals surface area contributed by atoms with Gasteiger partial charge in [-0.1, -0.05) is 357 Å². The number of hydrogen-bond donors (Lipinski definition) is 0. The summed E-state index contributed by atoms with van der Waals surface area (Å²) < 4.78 is 0. The fraction of sp³-hybridized carbons (Fsp3) is 0.346. The van der Waals surface area contributed by atoms with Crippen LogP contribution in [-0.2, 0) is 51.4 Å². The monoisotopic (exact) mass is 1430 g/mol. The van der Waals surface area contributed by atoms with E-state index in [2.05, 4.69) is 318 Å². The summed E-state index contributed by atoms with van der Waals surface area (Å²) in [6, 6.07) is 88.6. The van der Waals surface area contributed by atoms with Gasteiger partial charge in [0.25, 0.3) is 0 Å². The molecular formula is C104H124N4. The summed E-state index contributed by atoms with van der Waals surface area (Å²) in [5.41, 5.74) is 30.1. The van der Waals surface area contributed by atoms with E-state index < -0.39 is 0 Å². The zero-order valence-electron chi connectivity index (χ0n) is 67.0. The maximum absolute atomic E-state index is 4.66. The van der Waals surface area contributed by atoms with Crippen molar-refractivity contribution in [1.82, 2.24) is 19.9 Å². The van der Waals surface area contributed by atoms with Crippen LogP contribution in [0.2, 0.25) is 0 Å². The molecule has 0 aliphatic rings. The summed E-state index contributed by atoms with van der Waals surface area (Å²) in [7, 11) is 0. The Morgan fingerprint density at radius 3 is 0.509 bits per heavy atom. The maximum atomic E-state index is 4.66. The molecule has 0 unspecified atom stereocenters. The molecule has 0 atom stereocenters. The van der Waals surface area contributed by atoms with Crippen LogP contribution in [0.25, 0.3) is 89.5 Å². The van der Waals surface area contributed by atoms with Crippen LogP contribution in [0.15, 0.2) is 267 Å². The molecule has 4 aromatic heterocycles. The highest BCUT2D eigenvalue weighted by atomic mass is 14.7. The van der Waals surface area contributed by atoms with Gasteiger partial charge in [0.15, 0.2) is 0 Å². The number of benzene rings is 8. The van der Waals surface area contributed by atoms with Gasteiger partial charge in [-0.3, -0.25) is 19.9 Å². The molecule has 0 saturated carbocycles. The summed E-state index contributed by atoms with van der Waals surface area (Å²) >= 11 is 0. The molecule has 0 radical (unpaired) electrons. The quantitative estimate of drug-likeness (QED) is 0.0367.